The van der Waals surface area contributed by atoms with E-state index in [1.54, 1.807) is 25.3 Å². The van der Waals surface area contributed by atoms with E-state index in [4.69, 9.17) is 9.47 Å². The first-order valence-corrected chi connectivity index (χ1v) is 6.59. The third kappa shape index (κ3) is 2.64. The fraction of sp³-hybridized carbons (Fsp3) is 0.250. The van der Waals surface area contributed by atoms with Crippen LogP contribution in [0.5, 0.6) is 17.2 Å². The summed E-state index contributed by atoms with van der Waals surface area (Å²) in [6.45, 7) is 0. The van der Waals surface area contributed by atoms with Crippen LogP contribution in [0.3, 0.4) is 0 Å². The van der Waals surface area contributed by atoms with Gasteiger partial charge in [-0.15, -0.1) is 0 Å². The van der Waals surface area contributed by atoms with Gasteiger partial charge in [-0.3, -0.25) is 0 Å². The van der Waals surface area contributed by atoms with Crippen molar-refractivity contribution in [1.82, 2.24) is 0 Å². The lowest BCUT2D eigenvalue weighted by Crippen LogP contribution is -2.19. The van der Waals surface area contributed by atoms with Gasteiger partial charge < -0.3 is 19.7 Å². The van der Waals surface area contributed by atoms with Crippen LogP contribution in [0, 0.1) is 5.82 Å². The number of fused-ring (bicyclic) bond motifs is 1. The van der Waals surface area contributed by atoms with Crippen LogP contribution in [-0.4, -0.2) is 17.3 Å². The second-order valence-electron chi connectivity index (χ2n) is 5.00. The van der Waals surface area contributed by atoms with E-state index in [1.807, 2.05) is 0 Å². The molecule has 2 aromatic rings. The summed E-state index contributed by atoms with van der Waals surface area (Å²) in [5.74, 6) is 0.466. The molecule has 2 aromatic carbocycles. The van der Waals surface area contributed by atoms with Gasteiger partial charge >= 0.3 is 0 Å². The van der Waals surface area contributed by atoms with Gasteiger partial charge in [-0.2, -0.15) is 0 Å². The summed E-state index contributed by atoms with van der Waals surface area (Å²) in [5.41, 5.74) is 1.14. The zero-order valence-electron chi connectivity index (χ0n) is 11.4. The van der Waals surface area contributed by atoms with Crippen LogP contribution < -0.4 is 9.47 Å². The number of aromatic hydroxyl groups is 1. The lowest BCUT2D eigenvalue weighted by atomic mass is 9.94. The summed E-state index contributed by atoms with van der Waals surface area (Å²) in [6.07, 6.45) is -0.968. The highest BCUT2D eigenvalue weighted by Crippen LogP contribution is 2.42. The summed E-state index contributed by atoms with van der Waals surface area (Å²) in [7, 11) is 1.55. The molecule has 110 valence electrons. The molecule has 0 aliphatic carbocycles. The SMILES string of the molecule is COc1ccc2c(c1)C(O)CC(c1cc(O)cc(F)c1)O2. The number of benzene rings is 2. The fourth-order valence-electron chi connectivity index (χ4n) is 2.54. The molecule has 0 radical (unpaired) electrons. The normalized spacial score (nSPS) is 20.5. The molecule has 1 heterocycles. The van der Waals surface area contributed by atoms with Crippen LogP contribution in [0.2, 0.25) is 0 Å². The molecule has 2 atom stereocenters. The Balaban J connectivity index is 1.94. The van der Waals surface area contributed by atoms with Crippen molar-refractivity contribution in [2.75, 3.05) is 7.11 Å². The van der Waals surface area contributed by atoms with Crippen LogP contribution in [0.15, 0.2) is 36.4 Å². The number of aliphatic hydroxyl groups is 1. The maximum absolute atomic E-state index is 13.4. The lowest BCUT2D eigenvalue weighted by molar-refractivity contribution is 0.0652. The number of phenolic OH excluding ortho intramolecular Hbond substituents is 1. The lowest BCUT2D eigenvalue weighted by Gasteiger charge is -2.30. The van der Waals surface area contributed by atoms with Gasteiger partial charge in [-0.05, 0) is 35.9 Å². The minimum Gasteiger partial charge on any atom is -0.508 e. The van der Waals surface area contributed by atoms with E-state index < -0.39 is 18.0 Å². The molecule has 1 aliphatic rings. The van der Waals surface area contributed by atoms with Crippen molar-refractivity contribution < 1.29 is 24.1 Å². The van der Waals surface area contributed by atoms with Gasteiger partial charge in [0.2, 0.25) is 0 Å². The third-order valence-corrected chi connectivity index (χ3v) is 3.56. The molecule has 0 spiro atoms. The van der Waals surface area contributed by atoms with Crippen molar-refractivity contribution in [2.24, 2.45) is 0 Å². The number of ether oxygens (including phenoxy) is 2. The Labute approximate surface area is 121 Å². The topological polar surface area (TPSA) is 58.9 Å². The second kappa shape index (κ2) is 5.26. The Morgan fingerprint density at radius 2 is 2.05 bits per heavy atom. The van der Waals surface area contributed by atoms with E-state index >= 15 is 0 Å². The highest BCUT2D eigenvalue weighted by atomic mass is 19.1. The molecule has 2 unspecified atom stereocenters. The maximum Gasteiger partial charge on any atom is 0.127 e. The minimum absolute atomic E-state index is 0.163. The van der Waals surface area contributed by atoms with Gasteiger partial charge in [0, 0.05) is 18.1 Å². The van der Waals surface area contributed by atoms with Crippen LogP contribution in [0.4, 0.5) is 4.39 Å². The molecular weight excluding hydrogens is 275 g/mol. The van der Waals surface area contributed by atoms with Gasteiger partial charge in [-0.25, -0.2) is 4.39 Å². The molecule has 0 amide bonds. The van der Waals surface area contributed by atoms with Crippen molar-refractivity contribution in [3.63, 3.8) is 0 Å². The summed E-state index contributed by atoms with van der Waals surface area (Å²) >= 11 is 0. The molecule has 0 fully saturated rings. The Morgan fingerprint density at radius 3 is 2.76 bits per heavy atom. The monoisotopic (exact) mass is 290 g/mol. The number of hydrogen-bond acceptors (Lipinski definition) is 4. The highest BCUT2D eigenvalue weighted by Gasteiger charge is 2.29. The maximum atomic E-state index is 13.4. The van der Waals surface area contributed by atoms with Gasteiger partial charge in [0.15, 0.2) is 0 Å². The largest absolute Gasteiger partial charge is 0.508 e. The van der Waals surface area contributed by atoms with Crippen LogP contribution in [-0.2, 0) is 0 Å². The zero-order valence-corrected chi connectivity index (χ0v) is 11.4. The number of halogens is 1. The molecule has 5 heteroatoms. The molecule has 21 heavy (non-hydrogen) atoms. The third-order valence-electron chi connectivity index (χ3n) is 3.56. The average molecular weight is 290 g/mol. The molecule has 2 N–H and O–H groups in total. The number of methoxy groups -OCH3 is 1. The van der Waals surface area contributed by atoms with Crippen molar-refractivity contribution in [3.05, 3.63) is 53.3 Å². The Kier molecular flexibility index (Phi) is 3.43. The van der Waals surface area contributed by atoms with Gasteiger partial charge in [0.1, 0.15) is 29.2 Å². The predicted molar refractivity (Wildman–Crippen MR) is 74.0 cm³/mol. The number of hydrogen-bond donors (Lipinski definition) is 2. The molecular formula is C16H15FO4. The molecule has 4 nitrogen and oxygen atoms in total. The molecule has 0 bridgehead atoms. The molecule has 0 saturated carbocycles. The Hall–Kier alpha value is -2.27. The van der Waals surface area contributed by atoms with E-state index in [0.29, 0.717) is 22.6 Å². The molecule has 0 saturated heterocycles. The fourth-order valence-corrected chi connectivity index (χ4v) is 2.54. The average Bonchev–Trinajstić information content (AvgIpc) is 2.46. The van der Waals surface area contributed by atoms with Crippen molar-refractivity contribution in [2.45, 2.75) is 18.6 Å². The van der Waals surface area contributed by atoms with E-state index in [0.717, 1.165) is 6.07 Å². The quantitative estimate of drug-likeness (QED) is 0.892. The Morgan fingerprint density at radius 1 is 1.24 bits per heavy atom. The molecule has 1 aliphatic heterocycles. The standard InChI is InChI=1S/C16H15FO4/c1-20-12-2-3-15-13(7-12)14(19)8-16(21-15)9-4-10(17)6-11(18)5-9/h2-7,14,16,18-19H,8H2,1H3. The van der Waals surface area contributed by atoms with E-state index in [9.17, 15) is 14.6 Å². The molecule has 0 aromatic heterocycles. The van der Waals surface area contributed by atoms with Crippen molar-refractivity contribution in [1.29, 1.82) is 0 Å². The first-order chi connectivity index (χ1) is 10.1. The summed E-state index contributed by atoms with van der Waals surface area (Å²) in [5, 5.41) is 19.7. The molecule has 3 rings (SSSR count). The summed E-state index contributed by atoms with van der Waals surface area (Å²) in [4.78, 5) is 0. The number of aliphatic hydroxyl groups excluding tert-OH is 1. The zero-order chi connectivity index (χ0) is 15.0. The van der Waals surface area contributed by atoms with E-state index in [-0.39, 0.29) is 12.2 Å². The smallest absolute Gasteiger partial charge is 0.127 e. The van der Waals surface area contributed by atoms with Crippen LogP contribution >= 0.6 is 0 Å². The van der Waals surface area contributed by atoms with Crippen molar-refractivity contribution in [3.8, 4) is 17.2 Å². The number of rotatable bonds is 2. The summed E-state index contributed by atoms with van der Waals surface area (Å²) < 4.78 is 24.3. The van der Waals surface area contributed by atoms with Crippen molar-refractivity contribution >= 4 is 0 Å². The first kappa shape index (κ1) is 13.7. The second-order valence-corrected chi connectivity index (χ2v) is 5.00. The summed E-state index contributed by atoms with van der Waals surface area (Å²) in [6, 6.07) is 8.93. The van der Waals surface area contributed by atoms with E-state index in [1.165, 1.54) is 12.1 Å². The van der Waals surface area contributed by atoms with Gasteiger partial charge in [0.05, 0.1) is 13.2 Å². The van der Waals surface area contributed by atoms with Crippen LogP contribution in [0.1, 0.15) is 29.8 Å². The number of phenols is 1. The Bertz CT molecular complexity index is 651. The van der Waals surface area contributed by atoms with Gasteiger partial charge in [0.25, 0.3) is 0 Å². The van der Waals surface area contributed by atoms with Crippen LogP contribution in [0.25, 0.3) is 0 Å². The highest BCUT2D eigenvalue weighted by molar-refractivity contribution is 5.44. The first-order valence-electron chi connectivity index (χ1n) is 6.59. The van der Waals surface area contributed by atoms with E-state index in [2.05, 4.69) is 0 Å². The predicted octanol–water partition coefficient (Wildman–Crippen LogP) is 3.10. The minimum atomic E-state index is -0.737. The van der Waals surface area contributed by atoms with Gasteiger partial charge in [-0.1, -0.05) is 0 Å².